The zero-order valence-electron chi connectivity index (χ0n) is 11.6. The lowest BCUT2D eigenvalue weighted by atomic mass is 9.61. The molecule has 2 rings (SSSR count). The molecule has 2 fully saturated rings. The second-order valence-corrected chi connectivity index (χ2v) is 7.14. The quantitative estimate of drug-likeness (QED) is 0.585. The van der Waals surface area contributed by atoms with Gasteiger partial charge in [-0.25, -0.2) is 0 Å². The Morgan fingerprint density at radius 1 is 1.00 bits per heavy atom. The van der Waals surface area contributed by atoms with Crippen LogP contribution in [0.25, 0.3) is 0 Å². The fourth-order valence-corrected chi connectivity index (χ4v) is 4.18. The van der Waals surface area contributed by atoms with E-state index in [9.17, 15) is 0 Å². The molecule has 3 unspecified atom stereocenters. The summed E-state index contributed by atoms with van der Waals surface area (Å²) in [7, 11) is 0. The van der Waals surface area contributed by atoms with Crippen LogP contribution in [0.5, 0.6) is 0 Å². The Morgan fingerprint density at radius 2 is 1.69 bits per heavy atom. The van der Waals surface area contributed by atoms with Gasteiger partial charge >= 0.3 is 0 Å². The van der Waals surface area contributed by atoms with Crippen molar-refractivity contribution in [3.63, 3.8) is 0 Å². The van der Waals surface area contributed by atoms with Crippen molar-refractivity contribution in [2.24, 2.45) is 23.2 Å². The van der Waals surface area contributed by atoms with E-state index in [4.69, 9.17) is 0 Å². The Kier molecular flexibility index (Phi) is 3.97. The summed E-state index contributed by atoms with van der Waals surface area (Å²) in [6.45, 7) is 7.54. The van der Waals surface area contributed by atoms with Crippen molar-refractivity contribution >= 4 is 0 Å². The third kappa shape index (κ3) is 2.81. The molecule has 0 radical (unpaired) electrons. The van der Waals surface area contributed by atoms with Gasteiger partial charge in [-0.15, -0.1) is 0 Å². The molecule has 2 aliphatic carbocycles. The Morgan fingerprint density at radius 3 is 2.31 bits per heavy atom. The predicted octanol–water partition coefficient (Wildman–Crippen LogP) is 5.42. The van der Waals surface area contributed by atoms with Crippen LogP contribution < -0.4 is 0 Å². The van der Waals surface area contributed by atoms with Gasteiger partial charge in [0.1, 0.15) is 0 Å². The molecule has 0 aromatic heterocycles. The van der Waals surface area contributed by atoms with Crippen LogP contribution in [-0.4, -0.2) is 0 Å². The van der Waals surface area contributed by atoms with Crippen LogP contribution in [0.2, 0.25) is 0 Å². The largest absolute Gasteiger partial charge is 0.0625 e. The molecule has 3 atom stereocenters. The Labute approximate surface area is 102 Å². The third-order valence-electron chi connectivity index (χ3n) is 5.63. The van der Waals surface area contributed by atoms with E-state index in [2.05, 4.69) is 20.8 Å². The monoisotopic (exact) mass is 222 g/mol. The first-order valence-electron chi connectivity index (χ1n) is 7.60. The lowest BCUT2D eigenvalue weighted by Gasteiger charge is -2.45. The van der Waals surface area contributed by atoms with E-state index in [1.165, 1.54) is 57.8 Å². The predicted molar refractivity (Wildman–Crippen MR) is 71.5 cm³/mol. The van der Waals surface area contributed by atoms with Crippen LogP contribution >= 0.6 is 0 Å². The van der Waals surface area contributed by atoms with Gasteiger partial charge in [0.2, 0.25) is 0 Å². The minimum Gasteiger partial charge on any atom is -0.0625 e. The molecular formula is C16H30. The fraction of sp³-hybridized carbons (Fsp3) is 1.00. The molecule has 94 valence electrons. The number of hydrogen-bond donors (Lipinski definition) is 0. The van der Waals surface area contributed by atoms with Crippen LogP contribution in [0.1, 0.15) is 78.6 Å². The summed E-state index contributed by atoms with van der Waals surface area (Å²) in [4.78, 5) is 0. The molecule has 0 amide bonds. The van der Waals surface area contributed by atoms with Gasteiger partial charge in [-0.3, -0.25) is 0 Å². The maximum atomic E-state index is 2.58. The van der Waals surface area contributed by atoms with Gasteiger partial charge < -0.3 is 0 Å². The highest BCUT2D eigenvalue weighted by molar-refractivity contribution is 4.88. The minimum atomic E-state index is 0.675. The van der Waals surface area contributed by atoms with Crippen molar-refractivity contribution in [3.8, 4) is 0 Å². The molecule has 0 aliphatic heterocycles. The first kappa shape index (κ1) is 12.5. The third-order valence-corrected chi connectivity index (χ3v) is 5.63. The maximum Gasteiger partial charge on any atom is -0.0297 e. The van der Waals surface area contributed by atoms with Gasteiger partial charge in [0.05, 0.1) is 0 Å². The minimum absolute atomic E-state index is 0.675. The van der Waals surface area contributed by atoms with Gasteiger partial charge in [0, 0.05) is 0 Å². The normalized spacial score (nSPS) is 42.2. The molecule has 0 N–H and O–H groups in total. The lowest BCUT2D eigenvalue weighted by molar-refractivity contribution is 0.0615. The fourth-order valence-electron chi connectivity index (χ4n) is 4.18. The molecule has 2 saturated carbocycles. The maximum absolute atomic E-state index is 2.58. The smallest absolute Gasteiger partial charge is 0.0297 e. The molecule has 0 bridgehead atoms. The van der Waals surface area contributed by atoms with Crippen molar-refractivity contribution in [2.45, 2.75) is 78.6 Å². The second kappa shape index (κ2) is 5.10. The summed E-state index contributed by atoms with van der Waals surface area (Å²) in [6, 6.07) is 0. The first-order valence-corrected chi connectivity index (χ1v) is 7.60. The van der Waals surface area contributed by atoms with Crippen LogP contribution in [0.15, 0.2) is 0 Å². The van der Waals surface area contributed by atoms with Crippen LogP contribution in [0.4, 0.5) is 0 Å². The van der Waals surface area contributed by atoms with Gasteiger partial charge in [-0.2, -0.15) is 0 Å². The molecule has 16 heavy (non-hydrogen) atoms. The van der Waals surface area contributed by atoms with Gasteiger partial charge in [0.25, 0.3) is 0 Å². The van der Waals surface area contributed by atoms with Crippen LogP contribution in [0.3, 0.4) is 0 Å². The molecular weight excluding hydrogens is 192 g/mol. The van der Waals surface area contributed by atoms with Crippen molar-refractivity contribution in [1.29, 1.82) is 0 Å². The molecule has 0 heteroatoms. The van der Waals surface area contributed by atoms with E-state index in [0.717, 1.165) is 17.8 Å². The van der Waals surface area contributed by atoms with E-state index in [0.29, 0.717) is 5.41 Å². The standard InChI is InChI=1S/C16H30/c1-13-9-10-16(3,14(2)11-13)12-15-7-5-4-6-8-15/h13-15H,4-12H2,1-3H3. The van der Waals surface area contributed by atoms with Gasteiger partial charge in [0.15, 0.2) is 0 Å². The summed E-state index contributed by atoms with van der Waals surface area (Å²) in [6.07, 6.45) is 13.5. The molecule has 0 heterocycles. The van der Waals surface area contributed by atoms with Crippen molar-refractivity contribution in [1.82, 2.24) is 0 Å². The number of rotatable bonds is 2. The average Bonchev–Trinajstić information content (AvgIpc) is 2.26. The number of hydrogen-bond acceptors (Lipinski definition) is 0. The van der Waals surface area contributed by atoms with E-state index in [-0.39, 0.29) is 0 Å². The van der Waals surface area contributed by atoms with E-state index in [1.807, 2.05) is 0 Å². The average molecular weight is 222 g/mol. The molecule has 2 aliphatic rings. The summed E-state index contributed by atoms with van der Waals surface area (Å²) >= 11 is 0. The highest BCUT2D eigenvalue weighted by Crippen LogP contribution is 2.48. The topological polar surface area (TPSA) is 0 Å². The highest BCUT2D eigenvalue weighted by Gasteiger charge is 2.37. The SMILES string of the molecule is CC1CCC(C)(CC2CCCCC2)C(C)C1. The Bertz CT molecular complexity index is 214. The molecule has 0 spiro atoms. The van der Waals surface area contributed by atoms with Gasteiger partial charge in [-0.1, -0.05) is 59.3 Å². The lowest BCUT2D eigenvalue weighted by Crippen LogP contribution is -2.34. The Hall–Kier alpha value is 0. The summed E-state index contributed by atoms with van der Waals surface area (Å²) in [5.74, 6) is 3.00. The zero-order valence-corrected chi connectivity index (χ0v) is 11.6. The summed E-state index contributed by atoms with van der Waals surface area (Å²) in [5.41, 5.74) is 0.675. The Balaban J connectivity index is 1.90. The van der Waals surface area contributed by atoms with Crippen LogP contribution in [0, 0.1) is 23.2 Å². The van der Waals surface area contributed by atoms with Crippen molar-refractivity contribution < 1.29 is 0 Å². The second-order valence-electron chi connectivity index (χ2n) is 7.14. The zero-order chi connectivity index (χ0) is 11.6. The summed E-state index contributed by atoms with van der Waals surface area (Å²) in [5, 5.41) is 0. The van der Waals surface area contributed by atoms with Crippen molar-refractivity contribution in [3.05, 3.63) is 0 Å². The molecule has 0 aromatic rings. The van der Waals surface area contributed by atoms with Crippen LogP contribution in [-0.2, 0) is 0 Å². The van der Waals surface area contributed by atoms with Crippen molar-refractivity contribution in [2.75, 3.05) is 0 Å². The molecule has 0 nitrogen and oxygen atoms in total. The molecule has 0 aromatic carbocycles. The summed E-state index contributed by atoms with van der Waals surface area (Å²) < 4.78 is 0. The van der Waals surface area contributed by atoms with E-state index >= 15 is 0 Å². The molecule has 0 saturated heterocycles. The highest BCUT2D eigenvalue weighted by atomic mass is 14.4. The van der Waals surface area contributed by atoms with E-state index < -0.39 is 0 Å². The van der Waals surface area contributed by atoms with E-state index in [1.54, 1.807) is 0 Å². The first-order chi connectivity index (χ1) is 7.60. The van der Waals surface area contributed by atoms with Gasteiger partial charge in [-0.05, 0) is 42.4 Å².